The van der Waals surface area contributed by atoms with E-state index in [1.807, 2.05) is 0 Å². The molecule has 1 aromatic carbocycles. The van der Waals surface area contributed by atoms with Gasteiger partial charge in [-0.15, -0.1) is 10.2 Å². The highest BCUT2D eigenvalue weighted by Gasteiger charge is 2.46. The number of halogens is 6. The number of benzene rings is 1. The Kier molecular flexibility index (Phi) is 8.60. The molecule has 3 unspecified atom stereocenters. The quantitative estimate of drug-likeness (QED) is 0.274. The molecule has 3 atom stereocenters. The molecule has 0 saturated carbocycles. The second-order valence-electron chi connectivity index (χ2n) is 9.68. The Balaban J connectivity index is 1.48. The van der Waals surface area contributed by atoms with E-state index in [9.17, 15) is 37.1 Å². The van der Waals surface area contributed by atoms with E-state index in [1.54, 1.807) is 17.4 Å². The summed E-state index contributed by atoms with van der Waals surface area (Å²) in [5.41, 5.74) is -0.771. The highest BCUT2D eigenvalue weighted by atomic mass is 35.5. The van der Waals surface area contributed by atoms with Gasteiger partial charge >= 0.3 is 18.0 Å². The number of hydrogen-bond acceptors (Lipinski definition) is 7. The SMILES string of the molecule is O=C(NC(Cn1c(-c2ccc(Cl)cc2)nn(Cc2ncn(-c3ncccc3Cl)n2)c1=O)C(F)(F)F)C1CC(F)CN1C(=O)O. The molecule has 4 heterocycles. The van der Waals surface area contributed by atoms with Crippen LogP contribution >= 0.6 is 23.2 Å². The number of aromatic nitrogens is 7. The first-order valence-electron chi connectivity index (χ1n) is 12.8. The van der Waals surface area contributed by atoms with Crippen LogP contribution in [0.15, 0.2) is 53.7 Å². The molecule has 232 valence electrons. The topological polar surface area (TPSA) is 153 Å². The molecule has 0 aliphatic carbocycles. The van der Waals surface area contributed by atoms with Gasteiger partial charge in [0.25, 0.3) is 0 Å². The second-order valence-corrected chi connectivity index (χ2v) is 10.5. The van der Waals surface area contributed by atoms with Crippen LogP contribution in [0.5, 0.6) is 0 Å². The molecular formula is C25H21Cl2F4N9O4. The van der Waals surface area contributed by atoms with Crippen LogP contribution in [0.2, 0.25) is 10.0 Å². The summed E-state index contributed by atoms with van der Waals surface area (Å²) in [4.78, 5) is 46.3. The predicted octanol–water partition coefficient (Wildman–Crippen LogP) is 3.18. The van der Waals surface area contributed by atoms with Crippen molar-refractivity contribution in [1.29, 1.82) is 0 Å². The zero-order valence-electron chi connectivity index (χ0n) is 22.2. The predicted molar refractivity (Wildman–Crippen MR) is 146 cm³/mol. The van der Waals surface area contributed by atoms with Gasteiger partial charge in [0.15, 0.2) is 17.5 Å². The van der Waals surface area contributed by atoms with Crippen molar-refractivity contribution >= 4 is 35.2 Å². The number of carbonyl (C=O) groups excluding carboxylic acids is 1. The van der Waals surface area contributed by atoms with E-state index in [-0.39, 0.29) is 34.6 Å². The average Bonchev–Trinajstić information content (AvgIpc) is 3.67. The zero-order chi connectivity index (χ0) is 31.8. The summed E-state index contributed by atoms with van der Waals surface area (Å²) in [6, 6.07) is 4.60. The number of carbonyl (C=O) groups is 2. The lowest BCUT2D eigenvalue weighted by Gasteiger charge is -2.26. The first kappa shape index (κ1) is 30.9. The summed E-state index contributed by atoms with van der Waals surface area (Å²) in [6.45, 7) is -2.16. The van der Waals surface area contributed by atoms with Crippen molar-refractivity contribution in [3.05, 3.63) is 75.3 Å². The molecule has 0 spiro atoms. The molecule has 19 heteroatoms. The number of nitrogens with one attached hydrogen (secondary N) is 1. The van der Waals surface area contributed by atoms with E-state index in [2.05, 4.69) is 20.2 Å². The lowest BCUT2D eigenvalue weighted by Crippen LogP contribution is -2.54. The molecule has 44 heavy (non-hydrogen) atoms. The standard InChI is InChI=1S/C25H21Cl2F4N9O4/c26-14-5-3-13(4-6-14)20-36-39(11-19-33-12-40(35-19)21-16(27)2-1-7-32-21)23(42)38(20)10-18(25(29,30)31)34-22(41)17-8-15(28)9-37(17)24(43)44/h1-7,12,15,17-18H,8-11H2,(H,34,41)(H,43,44). The van der Waals surface area contributed by atoms with Crippen molar-refractivity contribution in [2.75, 3.05) is 6.54 Å². The largest absolute Gasteiger partial charge is 0.465 e. The number of hydrogen-bond donors (Lipinski definition) is 2. The molecule has 1 aliphatic rings. The van der Waals surface area contributed by atoms with Gasteiger partial charge in [-0.2, -0.15) is 13.2 Å². The van der Waals surface area contributed by atoms with E-state index in [0.29, 0.717) is 14.5 Å². The number of pyridine rings is 1. The van der Waals surface area contributed by atoms with E-state index in [1.165, 1.54) is 41.5 Å². The molecule has 5 rings (SSSR count). The first-order valence-corrected chi connectivity index (χ1v) is 13.5. The Morgan fingerprint density at radius 3 is 2.50 bits per heavy atom. The van der Waals surface area contributed by atoms with Crippen molar-refractivity contribution in [3.8, 4) is 17.2 Å². The maximum atomic E-state index is 14.2. The minimum Gasteiger partial charge on any atom is -0.465 e. The fourth-order valence-corrected chi connectivity index (χ4v) is 4.93. The van der Waals surface area contributed by atoms with Crippen LogP contribution in [0.25, 0.3) is 17.2 Å². The van der Waals surface area contributed by atoms with Crippen LogP contribution in [0.3, 0.4) is 0 Å². The zero-order valence-corrected chi connectivity index (χ0v) is 23.7. The molecule has 13 nitrogen and oxygen atoms in total. The van der Waals surface area contributed by atoms with Crippen LogP contribution in [0, 0.1) is 0 Å². The molecule has 2 amide bonds. The number of rotatable bonds is 8. The van der Waals surface area contributed by atoms with Crippen LogP contribution in [-0.2, 0) is 17.9 Å². The van der Waals surface area contributed by atoms with Gasteiger partial charge in [-0.25, -0.2) is 33.3 Å². The van der Waals surface area contributed by atoms with Gasteiger partial charge < -0.3 is 10.4 Å². The van der Waals surface area contributed by atoms with Gasteiger partial charge in [-0.3, -0.25) is 14.3 Å². The normalized spacial score (nSPS) is 17.5. The maximum Gasteiger partial charge on any atom is 0.410 e. The average molecular weight is 658 g/mol. The van der Waals surface area contributed by atoms with Crippen LogP contribution < -0.4 is 11.0 Å². The van der Waals surface area contributed by atoms with Crippen molar-refractivity contribution in [1.82, 2.24) is 44.3 Å². The van der Waals surface area contributed by atoms with E-state index in [0.717, 1.165) is 4.68 Å². The Labute approximate surface area is 254 Å². The number of amides is 2. The monoisotopic (exact) mass is 657 g/mol. The van der Waals surface area contributed by atoms with E-state index < -0.39 is 61.6 Å². The second kappa shape index (κ2) is 12.2. The Morgan fingerprint density at radius 2 is 1.84 bits per heavy atom. The van der Waals surface area contributed by atoms with Crippen molar-refractivity contribution < 1.29 is 32.3 Å². The lowest BCUT2D eigenvalue weighted by molar-refractivity contribution is -0.165. The number of alkyl halides is 4. The Morgan fingerprint density at radius 1 is 1.11 bits per heavy atom. The molecule has 4 aromatic rings. The van der Waals surface area contributed by atoms with E-state index >= 15 is 0 Å². The van der Waals surface area contributed by atoms with Crippen LogP contribution in [0.1, 0.15) is 12.2 Å². The number of nitrogens with zero attached hydrogens (tertiary/aromatic N) is 8. The minimum absolute atomic E-state index is 0.0533. The van der Waals surface area contributed by atoms with Crippen LogP contribution in [-0.4, -0.2) is 87.1 Å². The smallest absolute Gasteiger partial charge is 0.410 e. The molecule has 1 fully saturated rings. The third-order valence-corrected chi connectivity index (χ3v) is 7.23. The highest BCUT2D eigenvalue weighted by molar-refractivity contribution is 6.32. The summed E-state index contributed by atoms with van der Waals surface area (Å²) in [5, 5.41) is 20.0. The number of carboxylic acid groups (broad SMARTS) is 1. The maximum absolute atomic E-state index is 14.2. The Bertz CT molecular complexity index is 1740. The minimum atomic E-state index is -5.10. The highest BCUT2D eigenvalue weighted by Crippen LogP contribution is 2.26. The summed E-state index contributed by atoms with van der Waals surface area (Å²) in [5.74, 6) is -1.25. The van der Waals surface area contributed by atoms with Gasteiger partial charge in [-0.1, -0.05) is 23.2 Å². The lowest BCUT2D eigenvalue weighted by atomic mass is 10.1. The van der Waals surface area contributed by atoms with Gasteiger partial charge in [0.2, 0.25) is 5.91 Å². The van der Waals surface area contributed by atoms with Gasteiger partial charge in [0.1, 0.15) is 31.1 Å². The third kappa shape index (κ3) is 6.52. The van der Waals surface area contributed by atoms with Gasteiger partial charge in [0.05, 0.1) is 18.1 Å². The molecule has 0 bridgehead atoms. The van der Waals surface area contributed by atoms with E-state index in [4.69, 9.17) is 23.2 Å². The molecule has 3 aromatic heterocycles. The molecule has 1 saturated heterocycles. The fourth-order valence-electron chi connectivity index (χ4n) is 4.60. The summed E-state index contributed by atoms with van der Waals surface area (Å²) >= 11 is 12.1. The fraction of sp³-hybridized carbons (Fsp3) is 0.320. The molecule has 2 N–H and O–H groups in total. The van der Waals surface area contributed by atoms with Crippen molar-refractivity contribution in [2.45, 2.75) is 43.9 Å². The molecule has 0 radical (unpaired) electrons. The number of likely N-dealkylation sites (tertiary alicyclic amines) is 1. The summed E-state index contributed by atoms with van der Waals surface area (Å²) in [7, 11) is 0. The van der Waals surface area contributed by atoms with Gasteiger partial charge in [-0.05, 0) is 36.4 Å². The van der Waals surface area contributed by atoms with Crippen molar-refractivity contribution in [3.63, 3.8) is 0 Å². The Hall–Kier alpha value is -4.51. The third-order valence-electron chi connectivity index (χ3n) is 6.69. The van der Waals surface area contributed by atoms with Crippen molar-refractivity contribution in [2.24, 2.45) is 0 Å². The molecular weight excluding hydrogens is 637 g/mol. The van der Waals surface area contributed by atoms with Gasteiger partial charge in [0, 0.05) is 23.2 Å². The molecule has 1 aliphatic heterocycles. The summed E-state index contributed by atoms with van der Waals surface area (Å²) < 4.78 is 59.4. The summed E-state index contributed by atoms with van der Waals surface area (Å²) in [6.07, 6.45) is -6.33. The van der Waals surface area contributed by atoms with Crippen LogP contribution in [0.4, 0.5) is 22.4 Å². The first-order chi connectivity index (χ1) is 20.8.